The van der Waals surface area contributed by atoms with Crippen LogP contribution in [0.5, 0.6) is 5.75 Å². The van der Waals surface area contributed by atoms with E-state index < -0.39 is 12.1 Å². The van der Waals surface area contributed by atoms with Gasteiger partial charge in [-0.25, -0.2) is 4.79 Å². The number of aliphatic hydroxyl groups excluding tert-OH is 1. The average Bonchev–Trinajstić information content (AvgIpc) is 3.72. The molecule has 1 aliphatic heterocycles. The van der Waals surface area contributed by atoms with Gasteiger partial charge >= 0.3 is 5.97 Å². The van der Waals surface area contributed by atoms with E-state index in [-0.39, 0.29) is 12.7 Å². The fourth-order valence-corrected chi connectivity index (χ4v) is 5.00. The average molecular weight is 452 g/mol. The topological polar surface area (TPSA) is 79.2 Å². The smallest absolute Gasteiger partial charge is 0.337 e. The van der Waals surface area contributed by atoms with Gasteiger partial charge in [-0.05, 0) is 97.4 Å². The number of anilines is 1. The highest BCUT2D eigenvalue weighted by molar-refractivity contribution is 5.86. The molecule has 2 aliphatic carbocycles. The van der Waals surface area contributed by atoms with Crippen LogP contribution in [0.1, 0.15) is 66.4 Å². The van der Waals surface area contributed by atoms with Crippen molar-refractivity contribution in [3.8, 4) is 16.9 Å². The summed E-state index contributed by atoms with van der Waals surface area (Å²) in [5, 5.41) is 19.8. The SMILES string of the molecule is Cc1c(N(C)CCO)cc(C2CC2)c(-c2ccc3c(c2)CCCO3)c1C(OC1CC1)C(=O)O. The van der Waals surface area contributed by atoms with Crippen molar-refractivity contribution in [2.45, 2.75) is 63.6 Å². The Kier molecular flexibility index (Phi) is 6.06. The van der Waals surface area contributed by atoms with Crippen molar-refractivity contribution in [3.63, 3.8) is 0 Å². The van der Waals surface area contributed by atoms with Crippen LogP contribution in [0.15, 0.2) is 24.3 Å². The second-order valence-electron chi connectivity index (χ2n) is 9.65. The molecule has 0 radical (unpaired) electrons. The van der Waals surface area contributed by atoms with Crippen LogP contribution < -0.4 is 9.64 Å². The van der Waals surface area contributed by atoms with Crippen molar-refractivity contribution in [3.05, 3.63) is 46.5 Å². The maximum atomic E-state index is 12.5. The minimum atomic E-state index is -1.01. The third-order valence-corrected chi connectivity index (χ3v) is 7.04. The lowest BCUT2D eigenvalue weighted by Crippen LogP contribution is -2.25. The van der Waals surface area contributed by atoms with Crippen LogP contribution in [0, 0.1) is 6.92 Å². The minimum Gasteiger partial charge on any atom is -0.493 e. The lowest BCUT2D eigenvalue weighted by atomic mass is 9.84. The van der Waals surface area contributed by atoms with Crippen LogP contribution in [-0.2, 0) is 16.0 Å². The van der Waals surface area contributed by atoms with E-state index in [0.717, 1.165) is 78.8 Å². The molecule has 176 valence electrons. The van der Waals surface area contributed by atoms with E-state index >= 15 is 0 Å². The number of benzene rings is 2. The van der Waals surface area contributed by atoms with Gasteiger partial charge in [0.25, 0.3) is 0 Å². The van der Waals surface area contributed by atoms with E-state index in [2.05, 4.69) is 18.2 Å². The first kappa shape index (κ1) is 22.2. The summed E-state index contributed by atoms with van der Waals surface area (Å²) in [7, 11) is 1.95. The highest BCUT2D eigenvalue weighted by Gasteiger charge is 2.37. The van der Waals surface area contributed by atoms with E-state index in [4.69, 9.17) is 9.47 Å². The number of carboxylic acid groups (broad SMARTS) is 1. The van der Waals surface area contributed by atoms with Gasteiger partial charge in [-0.3, -0.25) is 0 Å². The zero-order chi connectivity index (χ0) is 23.1. The Morgan fingerprint density at radius 3 is 2.70 bits per heavy atom. The molecule has 2 aromatic rings. The summed E-state index contributed by atoms with van der Waals surface area (Å²) in [6, 6.07) is 8.50. The number of aryl methyl sites for hydroxylation is 1. The van der Waals surface area contributed by atoms with E-state index in [0.29, 0.717) is 12.5 Å². The van der Waals surface area contributed by atoms with Gasteiger partial charge in [0.2, 0.25) is 0 Å². The molecular weight excluding hydrogens is 418 g/mol. The molecule has 0 saturated heterocycles. The van der Waals surface area contributed by atoms with Crippen molar-refractivity contribution in [1.29, 1.82) is 0 Å². The summed E-state index contributed by atoms with van der Waals surface area (Å²) >= 11 is 0. The molecule has 0 spiro atoms. The summed E-state index contributed by atoms with van der Waals surface area (Å²) in [6.45, 7) is 3.26. The highest BCUT2D eigenvalue weighted by Crippen LogP contribution is 2.51. The van der Waals surface area contributed by atoms with Crippen LogP contribution in [0.2, 0.25) is 0 Å². The molecule has 33 heavy (non-hydrogen) atoms. The predicted molar refractivity (Wildman–Crippen MR) is 127 cm³/mol. The normalized spacial score (nSPS) is 18.4. The molecule has 6 heteroatoms. The third kappa shape index (κ3) is 4.46. The van der Waals surface area contributed by atoms with Gasteiger partial charge in [0.05, 0.1) is 19.3 Å². The molecule has 2 fully saturated rings. The molecule has 1 unspecified atom stereocenters. The zero-order valence-electron chi connectivity index (χ0n) is 19.5. The monoisotopic (exact) mass is 451 g/mol. The Morgan fingerprint density at radius 1 is 1.24 bits per heavy atom. The van der Waals surface area contributed by atoms with Gasteiger partial charge in [0, 0.05) is 24.8 Å². The molecule has 2 aromatic carbocycles. The summed E-state index contributed by atoms with van der Waals surface area (Å²) in [5.41, 5.74) is 7.07. The molecule has 0 bridgehead atoms. The molecule has 1 heterocycles. The number of carboxylic acids is 1. The van der Waals surface area contributed by atoms with Gasteiger partial charge in [0.1, 0.15) is 5.75 Å². The van der Waals surface area contributed by atoms with E-state index in [1.54, 1.807) is 0 Å². The number of aliphatic hydroxyl groups is 1. The van der Waals surface area contributed by atoms with E-state index in [9.17, 15) is 15.0 Å². The number of aliphatic carboxylic acids is 1. The number of hydrogen-bond donors (Lipinski definition) is 2. The first-order chi connectivity index (χ1) is 16.0. The fraction of sp³-hybridized carbons (Fsp3) is 0.519. The molecular formula is C27H33NO5. The second-order valence-corrected chi connectivity index (χ2v) is 9.65. The first-order valence-corrected chi connectivity index (χ1v) is 12.1. The lowest BCUT2D eigenvalue weighted by Gasteiger charge is -2.29. The molecule has 0 amide bonds. The Hall–Kier alpha value is -2.57. The predicted octanol–water partition coefficient (Wildman–Crippen LogP) is 4.60. The number of nitrogens with zero attached hydrogens (tertiary/aromatic N) is 1. The molecule has 3 aliphatic rings. The Labute approximate surface area is 195 Å². The van der Waals surface area contributed by atoms with Crippen molar-refractivity contribution < 1.29 is 24.5 Å². The van der Waals surface area contributed by atoms with Crippen LogP contribution in [0.3, 0.4) is 0 Å². The Morgan fingerprint density at radius 2 is 2.03 bits per heavy atom. The van der Waals surface area contributed by atoms with Crippen LogP contribution in [-0.4, -0.2) is 49.1 Å². The van der Waals surface area contributed by atoms with E-state index in [1.807, 2.05) is 24.9 Å². The summed E-state index contributed by atoms with van der Waals surface area (Å²) in [6.07, 6.45) is 4.99. The number of hydrogen-bond acceptors (Lipinski definition) is 5. The summed E-state index contributed by atoms with van der Waals surface area (Å²) in [5.74, 6) is 0.402. The Balaban J connectivity index is 1.73. The molecule has 5 rings (SSSR count). The van der Waals surface area contributed by atoms with Gasteiger partial charge < -0.3 is 24.6 Å². The number of likely N-dealkylation sites (N-methyl/N-ethyl adjacent to an activating group) is 1. The Bertz CT molecular complexity index is 1060. The molecule has 2 N–H and O–H groups in total. The van der Waals surface area contributed by atoms with E-state index in [1.165, 1.54) is 11.1 Å². The number of fused-ring (bicyclic) bond motifs is 1. The van der Waals surface area contributed by atoms with Gasteiger partial charge in [-0.1, -0.05) is 6.07 Å². The standard InChI is InChI=1S/C27H33NO5/c1-16-22(28(2)11-12-29)15-21(17-5-6-17)25(24(16)26(27(30)31)33-20-8-9-20)19-7-10-23-18(14-19)4-3-13-32-23/h7,10,14-15,17,20,26,29H,3-6,8-9,11-13H2,1-2H3,(H,30,31). The van der Waals surface area contributed by atoms with Crippen molar-refractivity contribution in [2.24, 2.45) is 0 Å². The highest BCUT2D eigenvalue weighted by atomic mass is 16.5. The maximum absolute atomic E-state index is 12.5. The quantitative estimate of drug-likeness (QED) is 0.580. The van der Waals surface area contributed by atoms with Crippen LogP contribution in [0.4, 0.5) is 5.69 Å². The summed E-state index contributed by atoms with van der Waals surface area (Å²) in [4.78, 5) is 14.6. The fourth-order valence-electron chi connectivity index (χ4n) is 5.00. The van der Waals surface area contributed by atoms with Crippen molar-refractivity contribution in [2.75, 3.05) is 31.7 Å². The number of carbonyl (C=O) groups is 1. The molecule has 1 atom stereocenters. The van der Waals surface area contributed by atoms with Gasteiger partial charge in [-0.15, -0.1) is 0 Å². The van der Waals surface area contributed by atoms with Crippen LogP contribution >= 0.6 is 0 Å². The lowest BCUT2D eigenvalue weighted by molar-refractivity contribution is -0.151. The van der Waals surface area contributed by atoms with Gasteiger partial charge in [-0.2, -0.15) is 0 Å². The zero-order valence-corrected chi connectivity index (χ0v) is 19.5. The maximum Gasteiger partial charge on any atom is 0.337 e. The number of rotatable bonds is 9. The molecule has 2 saturated carbocycles. The van der Waals surface area contributed by atoms with Gasteiger partial charge in [0.15, 0.2) is 6.10 Å². The van der Waals surface area contributed by atoms with Crippen molar-refractivity contribution >= 4 is 11.7 Å². The third-order valence-electron chi connectivity index (χ3n) is 7.04. The summed E-state index contributed by atoms with van der Waals surface area (Å²) < 4.78 is 12.0. The number of ether oxygens (including phenoxy) is 2. The molecule has 0 aromatic heterocycles. The molecule has 6 nitrogen and oxygen atoms in total. The largest absolute Gasteiger partial charge is 0.493 e. The minimum absolute atomic E-state index is 0.0125. The second kappa shape index (κ2) is 8.99. The first-order valence-electron chi connectivity index (χ1n) is 12.1. The van der Waals surface area contributed by atoms with Crippen molar-refractivity contribution in [1.82, 2.24) is 0 Å². The van der Waals surface area contributed by atoms with Crippen LogP contribution in [0.25, 0.3) is 11.1 Å².